The molecule has 1 unspecified atom stereocenters. The van der Waals surface area contributed by atoms with Crippen LogP contribution in [0.25, 0.3) is 10.6 Å². The largest absolute Gasteiger partial charge is 0.488 e. The Hall–Kier alpha value is -3.86. The van der Waals surface area contributed by atoms with Crippen LogP contribution < -0.4 is 10.1 Å². The summed E-state index contributed by atoms with van der Waals surface area (Å²) in [7, 11) is 0. The molecule has 6 rings (SSSR count). The van der Waals surface area contributed by atoms with E-state index in [1.807, 2.05) is 31.2 Å². The van der Waals surface area contributed by atoms with E-state index in [2.05, 4.69) is 15.3 Å². The number of aromatic carboxylic acids is 1. The van der Waals surface area contributed by atoms with Crippen molar-refractivity contribution in [1.29, 1.82) is 0 Å². The molecule has 2 atom stereocenters. The molecule has 10 heteroatoms. The van der Waals surface area contributed by atoms with Crippen molar-refractivity contribution >= 4 is 28.9 Å². The van der Waals surface area contributed by atoms with E-state index in [9.17, 15) is 15.0 Å². The Morgan fingerprint density at radius 1 is 1.18 bits per heavy atom. The van der Waals surface area contributed by atoms with Gasteiger partial charge in [0, 0.05) is 24.9 Å². The second-order valence-corrected chi connectivity index (χ2v) is 11.0. The van der Waals surface area contributed by atoms with Gasteiger partial charge in [-0.05, 0) is 73.2 Å². The topological polar surface area (TPSA) is 127 Å². The first-order valence-corrected chi connectivity index (χ1v) is 13.7. The first-order valence-electron chi connectivity index (χ1n) is 12.9. The summed E-state index contributed by atoms with van der Waals surface area (Å²) in [5, 5.41) is 25.0. The molecule has 0 radical (unpaired) electrons. The monoisotopic (exact) mass is 544 g/mol. The van der Waals surface area contributed by atoms with Crippen molar-refractivity contribution in [3.8, 4) is 16.3 Å². The number of thiazole rings is 1. The fourth-order valence-electron chi connectivity index (χ4n) is 5.15. The lowest BCUT2D eigenvalue weighted by atomic mass is 9.79. The zero-order chi connectivity index (χ0) is 27.0. The lowest BCUT2D eigenvalue weighted by Crippen LogP contribution is -2.32. The Labute approximate surface area is 229 Å². The van der Waals surface area contributed by atoms with Crippen LogP contribution in [-0.2, 0) is 16.8 Å². The summed E-state index contributed by atoms with van der Waals surface area (Å²) >= 11 is 1.39. The molecule has 200 valence electrons. The molecule has 3 aromatic heterocycles. The number of aryl methyl sites for hydroxylation is 2. The molecule has 1 fully saturated rings. The SMILES string of the molecule is Cc1cc(Nc2cc(OC3CCOC3)ccn2)nc(-c2cnc([C@]3(O)CCCc4cc(C(=O)O)ccc43)s2)c1. The van der Waals surface area contributed by atoms with Gasteiger partial charge in [0.25, 0.3) is 0 Å². The van der Waals surface area contributed by atoms with Crippen molar-refractivity contribution in [3.05, 3.63) is 82.1 Å². The minimum atomic E-state index is -1.27. The van der Waals surface area contributed by atoms with E-state index in [0.717, 1.165) is 52.3 Å². The minimum absolute atomic E-state index is 0.0506. The average molecular weight is 545 g/mol. The van der Waals surface area contributed by atoms with Crippen LogP contribution >= 0.6 is 11.3 Å². The third kappa shape index (κ3) is 5.23. The van der Waals surface area contributed by atoms with Crippen LogP contribution in [0.4, 0.5) is 11.6 Å². The first-order chi connectivity index (χ1) is 18.9. The molecular weight excluding hydrogens is 516 g/mol. The van der Waals surface area contributed by atoms with Gasteiger partial charge in [-0.15, -0.1) is 11.3 Å². The smallest absolute Gasteiger partial charge is 0.335 e. The quantitative estimate of drug-likeness (QED) is 0.292. The number of pyridine rings is 2. The van der Waals surface area contributed by atoms with Gasteiger partial charge in [-0.2, -0.15) is 0 Å². The highest BCUT2D eigenvalue weighted by Gasteiger charge is 2.39. The lowest BCUT2D eigenvalue weighted by Gasteiger charge is -2.33. The molecule has 9 nitrogen and oxygen atoms in total. The molecule has 1 aromatic carbocycles. The molecule has 0 spiro atoms. The van der Waals surface area contributed by atoms with E-state index >= 15 is 0 Å². The third-order valence-corrected chi connectivity index (χ3v) is 8.21. The van der Waals surface area contributed by atoms with Gasteiger partial charge in [-0.3, -0.25) is 0 Å². The molecule has 39 heavy (non-hydrogen) atoms. The van der Waals surface area contributed by atoms with Crippen LogP contribution in [-0.4, -0.2) is 50.5 Å². The van der Waals surface area contributed by atoms with Crippen LogP contribution in [0, 0.1) is 6.92 Å². The lowest BCUT2D eigenvalue weighted by molar-refractivity contribution is 0.0607. The Balaban J connectivity index is 1.25. The number of nitrogens with one attached hydrogen (secondary N) is 1. The van der Waals surface area contributed by atoms with Crippen LogP contribution in [0.2, 0.25) is 0 Å². The molecule has 0 saturated carbocycles. The zero-order valence-corrected chi connectivity index (χ0v) is 22.2. The van der Waals surface area contributed by atoms with Gasteiger partial charge in [0.2, 0.25) is 0 Å². The number of aromatic nitrogens is 3. The molecule has 2 aliphatic rings. The number of ether oxygens (including phenoxy) is 2. The Bertz CT molecular complexity index is 1530. The first kappa shape index (κ1) is 25.4. The highest BCUT2D eigenvalue weighted by atomic mass is 32.1. The van der Waals surface area contributed by atoms with Crippen molar-refractivity contribution in [2.45, 2.75) is 44.3 Å². The predicted octanol–water partition coefficient (Wildman–Crippen LogP) is 5.09. The molecule has 1 aliphatic heterocycles. The Morgan fingerprint density at radius 3 is 2.90 bits per heavy atom. The normalized spacial score (nSPS) is 20.4. The van der Waals surface area contributed by atoms with E-state index in [1.54, 1.807) is 30.6 Å². The second kappa shape index (κ2) is 10.4. The fourth-order valence-corrected chi connectivity index (χ4v) is 6.16. The van der Waals surface area contributed by atoms with Gasteiger partial charge in [-0.1, -0.05) is 6.07 Å². The number of aliphatic hydroxyl groups is 1. The summed E-state index contributed by atoms with van der Waals surface area (Å²) < 4.78 is 11.4. The van der Waals surface area contributed by atoms with Gasteiger partial charge in [0.05, 0.1) is 29.3 Å². The molecule has 0 amide bonds. The van der Waals surface area contributed by atoms with Crippen LogP contribution in [0.5, 0.6) is 5.75 Å². The van der Waals surface area contributed by atoms with Gasteiger partial charge in [-0.25, -0.2) is 19.7 Å². The number of hydrogen-bond acceptors (Lipinski definition) is 9. The Morgan fingerprint density at radius 2 is 2.08 bits per heavy atom. The number of carbonyl (C=O) groups is 1. The van der Waals surface area contributed by atoms with Crippen molar-refractivity contribution < 1.29 is 24.5 Å². The average Bonchev–Trinajstić information content (AvgIpc) is 3.62. The fraction of sp³-hybridized carbons (Fsp3) is 0.310. The highest BCUT2D eigenvalue weighted by molar-refractivity contribution is 7.15. The summed E-state index contributed by atoms with van der Waals surface area (Å²) in [5.74, 6) is 1.00. The summed E-state index contributed by atoms with van der Waals surface area (Å²) in [6, 6.07) is 12.5. The van der Waals surface area contributed by atoms with Gasteiger partial charge < -0.3 is 25.0 Å². The molecule has 0 bridgehead atoms. The van der Waals surface area contributed by atoms with Crippen LogP contribution in [0.15, 0.2) is 54.9 Å². The summed E-state index contributed by atoms with van der Waals surface area (Å²) in [5.41, 5.74) is 2.26. The maximum atomic E-state index is 11.8. The number of carboxylic acids is 1. The molecule has 1 aliphatic carbocycles. The number of rotatable bonds is 7. The third-order valence-electron chi connectivity index (χ3n) is 7.04. The van der Waals surface area contributed by atoms with Gasteiger partial charge in [0.1, 0.15) is 34.1 Å². The predicted molar refractivity (Wildman–Crippen MR) is 147 cm³/mol. The number of carboxylic acid groups (broad SMARTS) is 1. The summed E-state index contributed by atoms with van der Waals surface area (Å²) in [6.45, 7) is 3.30. The molecular formula is C29H28N4O5S. The van der Waals surface area contributed by atoms with E-state index in [1.165, 1.54) is 11.3 Å². The van der Waals surface area contributed by atoms with Crippen molar-refractivity contribution in [1.82, 2.24) is 15.0 Å². The van der Waals surface area contributed by atoms with E-state index in [4.69, 9.17) is 14.5 Å². The minimum Gasteiger partial charge on any atom is -0.488 e. The summed E-state index contributed by atoms with van der Waals surface area (Å²) in [6.07, 6.45) is 6.33. The Kier molecular flexibility index (Phi) is 6.76. The molecule has 4 aromatic rings. The van der Waals surface area contributed by atoms with Crippen molar-refractivity contribution in [3.63, 3.8) is 0 Å². The number of fused-ring (bicyclic) bond motifs is 1. The second-order valence-electron chi connectivity index (χ2n) is 9.94. The molecule has 4 heterocycles. The number of nitrogens with zero attached hydrogens (tertiary/aromatic N) is 3. The number of anilines is 2. The zero-order valence-electron chi connectivity index (χ0n) is 21.4. The van der Waals surface area contributed by atoms with Crippen LogP contribution in [0.3, 0.4) is 0 Å². The van der Waals surface area contributed by atoms with Crippen molar-refractivity contribution in [2.24, 2.45) is 0 Å². The van der Waals surface area contributed by atoms with Crippen molar-refractivity contribution in [2.75, 3.05) is 18.5 Å². The van der Waals surface area contributed by atoms with Crippen LogP contribution in [0.1, 0.15) is 51.3 Å². The van der Waals surface area contributed by atoms with Gasteiger partial charge >= 0.3 is 5.97 Å². The molecule has 3 N–H and O–H groups in total. The van der Waals surface area contributed by atoms with E-state index in [0.29, 0.717) is 36.3 Å². The highest BCUT2D eigenvalue weighted by Crippen LogP contribution is 2.43. The standard InChI is InChI=1S/C29H28N4O5S/c1-17-11-23(32-26(12-17)33-25-14-20(6-9-30-25)38-21-7-10-37-16-21)24-15-31-28(39-24)29(36)8-2-3-18-13-19(27(34)35)4-5-22(18)29/h4-6,9,11-15,21,36H,2-3,7-8,10,16H2,1H3,(H,34,35)(H,30,32,33)/t21?,29-/m0/s1. The number of hydrogen-bond donors (Lipinski definition) is 3. The maximum absolute atomic E-state index is 11.8. The van der Waals surface area contributed by atoms with Gasteiger partial charge in [0.15, 0.2) is 0 Å². The maximum Gasteiger partial charge on any atom is 0.335 e. The summed E-state index contributed by atoms with van der Waals surface area (Å²) in [4.78, 5) is 26.1. The van der Waals surface area contributed by atoms with E-state index in [-0.39, 0.29) is 11.7 Å². The molecule has 1 saturated heterocycles. The number of benzene rings is 1. The van der Waals surface area contributed by atoms with E-state index < -0.39 is 11.6 Å².